The van der Waals surface area contributed by atoms with Crippen molar-refractivity contribution >= 4 is 23.3 Å². The summed E-state index contributed by atoms with van der Waals surface area (Å²) in [5.74, 6) is 0.801. The van der Waals surface area contributed by atoms with Gasteiger partial charge in [0.25, 0.3) is 0 Å². The first-order valence-corrected chi connectivity index (χ1v) is 8.27. The van der Waals surface area contributed by atoms with E-state index in [-0.39, 0.29) is 12.1 Å². The van der Waals surface area contributed by atoms with E-state index in [1.807, 2.05) is 23.1 Å². The van der Waals surface area contributed by atoms with Crippen LogP contribution in [0.15, 0.2) is 18.2 Å². The number of benzene rings is 1. The molecule has 1 aromatic carbocycles. The summed E-state index contributed by atoms with van der Waals surface area (Å²) in [7, 11) is 1.65. The molecule has 1 N–H and O–H groups in total. The second-order valence-corrected chi connectivity index (χ2v) is 6.23. The summed E-state index contributed by atoms with van der Waals surface area (Å²) in [6.07, 6.45) is 0.908. The third-order valence-corrected chi connectivity index (χ3v) is 4.53. The zero-order chi connectivity index (χ0) is 16.2. The van der Waals surface area contributed by atoms with E-state index in [4.69, 9.17) is 21.1 Å². The number of nitrogens with one attached hydrogen (secondary N) is 1. The summed E-state index contributed by atoms with van der Waals surface area (Å²) in [5, 5.41) is 3.80. The highest BCUT2D eigenvalue weighted by Gasteiger charge is 2.28. The molecule has 2 fully saturated rings. The van der Waals surface area contributed by atoms with Gasteiger partial charge >= 0.3 is 6.03 Å². The first kappa shape index (κ1) is 16.2. The minimum atomic E-state index is -0.00166. The Labute approximate surface area is 141 Å². The highest BCUT2D eigenvalue weighted by molar-refractivity contribution is 6.30. The monoisotopic (exact) mass is 339 g/mol. The first-order chi connectivity index (χ1) is 11.2. The predicted molar refractivity (Wildman–Crippen MR) is 89.5 cm³/mol. The normalized spacial score (nSPS) is 21.4. The van der Waals surface area contributed by atoms with Crippen LogP contribution >= 0.6 is 11.6 Å². The van der Waals surface area contributed by atoms with Crippen LogP contribution in [0.4, 0.5) is 10.5 Å². The Balaban J connectivity index is 1.60. The van der Waals surface area contributed by atoms with Crippen molar-refractivity contribution in [1.29, 1.82) is 0 Å². The summed E-state index contributed by atoms with van der Waals surface area (Å²) in [6, 6.07) is 5.73. The Morgan fingerprint density at radius 2 is 2.13 bits per heavy atom. The molecule has 6 nitrogen and oxygen atoms in total. The highest BCUT2D eigenvalue weighted by atomic mass is 35.5. The average Bonchev–Trinajstić information content (AvgIpc) is 3.04. The van der Waals surface area contributed by atoms with Gasteiger partial charge in [0.05, 0.1) is 26.0 Å². The number of morpholine rings is 1. The molecule has 1 unspecified atom stereocenters. The van der Waals surface area contributed by atoms with Crippen LogP contribution in [0.3, 0.4) is 0 Å². The van der Waals surface area contributed by atoms with Crippen LogP contribution in [0.1, 0.15) is 6.42 Å². The quantitative estimate of drug-likeness (QED) is 0.914. The largest absolute Gasteiger partial charge is 0.495 e. The molecule has 0 aliphatic carbocycles. The molecule has 0 aromatic heterocycles. The molecule has 1 atom stereocenters. The Morgan fingerprint density at radius 1 is 1.35 bits per heavy atom. The van der Waals surface area contributed by atoms with Gasteiger partial charge in [0.1, 0.15) is 5.75 Å². The standard InChI is InChI=1S/C16H22ClN3O3/c1-22-15-3-2-12(17)10-14(15)20-5-4-13(11-20)18-16(21)19-6-8-23-9-7-19/h2-3,10,13H,4-9,11H2,1H3,(H,18,21). The summed E-state index contributed by atoms with van der Waals surface area (Å²) in [4.78, 5) is 16.3. The Kier molecular flexibility index (Phi) is 5.13. The molecule has 7 heteroatoms. The fourth-order valence-electron chi connectivity index (χ4n) is 3.04. The fourth-order valence-corrected chi connectivity index (χ4v) is 3.21. The van der Waals surface area contributed by atoms with Gasteiger partial charge in [0, 0.05) is 37.2 Å². The number of methoxy groups -OCH3 is 1. The van der Waals surface area contributed by atoms with Gasteiger partial charge in [-0.25, -0.2) is 4.79 Å². The number of halogens is 1. The molecule has 1 aromatic rings. The van der Waals surface area contributed by atoms with Crippen LogP contribution in [0.25, 0.3) is 0 Å². The molecular weight excluding hydrogens is 318 g/mol. The lowest BCUT2D eigenvalue weighted by Gasteiger charge is -2.28. The highest BCUT2D eigenvalue weighted by Crippen LogP contribution is 2.33. The number of carbonyl (C=O) groups excluding carboxylic acids is 1. The van der Waals surface area contributed by atoms with Crippen LogP contribution in [0, 0.1) is 0 Å². The maximum absolute atomic E-state index is 12.3. The lowest BCUT2D eigenvalue weighted by atomic mass is 10.2. The molecule has 0 bridgehead atoms. The minimum Gasteiger partial charge on any atom is -0.495 e. The van der Waals surface area contributed by atoms with E-state index >= 15 is 0 Å². The first-order valence-electron chi connectivity index (χ1n) is 7.89. The lowest BCUT2D eigenvalue weighted by molar-refractivity contribution is 0.0526. The van der Waals surface area contributed by atoms with E-state index < -0.39 is 0 Å². The Morgan fingerprint density at radius 3 is 2.87 bits per heavy atom. The second kappa shape index (κ2) is 7.27. The third-order valence-electron chi connectivity index (χ3n) is 4.30. The summed E-state index contributed by atoms with van der Waals surface area (Å²) < 4.78 is 10.7. The van der Waals surface area contributed by atoms with E-state index in [1.165, 1.54) is 0 Å². The van der Waals surface area contributed by atoms with Gasteiger partial charge in [-0.2, -0.15) is 0 Å². The number of hydrogen-bond donors (Lipinski definition) is 1. The molecule has 2 saturated heterocycles. The zero-order valence-corrected chi connectivity index (χ0v) is 14.0. The van der Waals surface area contributed by atoms with E-state index in [0.717, 1.165) is 30.9 Å². The maximum atomic E-state index is 12.3. The SMILES string of the molecule is COc1ccc(Cl)cc1N1CCC(NC(=O)N2CCOCC2)C1. The van der Waals surface area contributed by atoms with Crippen molar-refractivity contribution in [3.8, 4) is 5.75 Å². The van der Waals surface area contributed by atoms with Crippen LogP contribution < -0.4 is 15.0 Å². The summed E-state index contributed by atoms with van der Waals surface area (Å²) in [5.41, 5.74) is 0.975. The molecule has 2 aliphatic rings. The molecule has 3 rings (SSSR count). The number of urea groups is 1. The van der Waals surface area contributed by atoms with Gasteiger partial charge in [-0.3, -0.25) is 0 Å². The fraction of sp³-hybridized carbons (Fsp3) is 0.562. The number of amides is 2. The lowest BCUT2D eigenvalue weighted by Crippen LogP contribution is -2.49. The molecule has 0 saturated carbocycles. The summed E-state index contributed by atoms with van der Waals surface area (Å²) >= 11 is 6.10. The topological polar surface area (TPSA) is 54.0 Å². The molecule has 2 amide bonds. The Hall–Kier alpha value is -1.66. The van der Waals surface area contributed by atoms with Gasteiger partial charge in [-0.1, -0.05) is 11.6 Å². The van der Waals surface area contributed by atoms with Crippen molar-refractivity contribution in [2.75, 3.05) is 51.4 Å². The number of rotatable bonds is 3. The van der Waals surface area contributed by atoms with Crippen molar-refractivity contribution in [3.63, 3.8) is 0 Å². The maximum Gasteiger partial charge on any atom is 0.317 e. The van der Waals surface area contributed by atoms with Crippen LogP contribution in [-0.2, 0) is 4.74 Å². The number of ether oxygens (including phenoxy) is 2. The number of anilines is 1. The van der Waals surface area contributed by atoms with Crippen molar-refractivity contribution < 1.29 is 14.3 Å². The van der Waals surface area contributed by atoms with Gasteiger partial charge in [-0.15, -0.1) is 0 Å². The van der Waals surface area contributed by atoms with Crippen LogP contribution in [0.5, 0.6) is 5.75 Å². The predicted octanol–water partition coefficient (Wildman–Crippen LogP) is 1.97. The molecule has 2 heterocycles. The van der Waals surface area contributed by atoms with E-state index in [9.17, 15) is 4.79 Å². The average molecular weight is 340 g/mol. The smallest absolute Gasteiger partial charge is 0.317 e. The number of hydrogen-bond acceptors (Lipinski definition) is 4. The van der Waals surface area contributed by atoms with Crippen molar-refractivity contribution in [1.82, 2.24) is 10.2 Å². The van der Waals surface area contributed by atoms with Crippen LogP contribution in [-0.4, -0.2) is 63.5 Å². The van der Waals surface area contributed by atoms with E-state index in [1.54, 1.807) is 7.11 Å². The molecule has 2 aliphatic heterocycles. The van der Waals surface area contributed by atoms with Crippen molar-refractivity contribution in [2.24, 2.45) is 0 Å². The van der Waals surface area contributed by atoms with Crippen molar-refractivity contribution in [3.05, 3.63) is 23.2 Å². The molecule has 0 radical (unpaired) electrons. The number of nitrogens with zero attached hydrogens (tertiary/aromatic N) is 2. The number of carbonyl (C=O) groups is 1. The second-order valence-electron chi connectivity index (χ2n) is 5.80. The van der Waals surface area contributed by atoms with Gasteiger partial charge in [0.2, 0.25) is 0 Å². The Bertz CT molecular complexity index is 564. The molecule has 23 heavy (non-hydrogen) atoms. The van der Waals surface area contributed by atoms with E-state index in [2.05, 4.69) is 10.2 Å². The zero-order valence-electron chi connectivity index (χ0n) is 13.3. The van der Waals surface area contributed by atoms with Gasteiger partial charge in [0.15, 0.2) is 0 Å². The van der Waals surface area contributed by atoms with Gasteiger partial charge < -0.3 is 24.6 Å². The van der Waals surface area contributed by atoms with Crippen molar-refractivity contribution in [2.45, 2.75) is 12.5 Å². The minimum absolute atomic E-state index is 0.00166. The van der Waals surface area contributed by atoms with E-state index in [0.29, 0.717) is 31.3 Å². The summed E-state index contributed by atoms with van der Waals surface area (Å²) in [6.45, 7) is 4.17. The molecule has 0 spiro atoms. The van der Waals surface area contributed by atoms with Gasteiger partial charge in [-0.05, 0) is 24.6 Å². The molecule has 126 valence electrons. The van der Waals surface area contributed by atoms with Crippen LogP contribution in [0.2, 0.25) is 5.02 Å². The molecular formula is C16H22ClN3O3. The third kappa shape index (κ3) is 3.82.